The second kappa shape index (κ2) is 5.62. The van der Waals surface area contributed by atoms with Crippen molar-refractivity contribution in [2.75, 3.05) is 0 Å². The molecule has 0 amide bonds. The molecule has 1 unspecified atom stereocenters. The number of hydrogen-bond acceptors (Lipinski definition) is 3. The third-order valence-corrected chi connectivity index (χ3v) is 3.45. The lowest BCUT2D eigenvalue weighted by Gasteiger charge is -2.17. The van der Waals surface area contributed by atoms with E-state index in [-0.39, 0.29) is 23.0 Å². The lowest BCUT2D eigenvalue weighted by Crippen LogP contribution is -2.23. The normalized spacial score (nSPS) is 11.8. The van der Waals surface area contributed by atoms with E-state index in [1.54, 1.807) is 0 Å². The molecule has 4 nitrogen and oxygen atoms in total. The van der Waals surface area contributed by atoms with Crippen LogP contribution in [-0.4, -0.2) is 9.67 Å². The molecule has 20 heavy (non-hydrogen) atoms. The Morgan fingerprint density at radius 2 is 2.00 bits per heavy atom. The van der Waals surface area contributed by atoms with Gasteiger partial charge in [0.1, 0.15) is 11.6 Å². The number of nitriles is 1. The minimum absolute atomic E-state index is 0.135. The largest absolute Gasteiger partial charge is 0.493 e. The zero-order valence-corrected chi connectivity index (χ0v) is 11.5. The predicted octanol–water partition coefficient (Wildman–Crippen LogP) is 3.06. The average molecular weight is 268 g/mol. The smallest absolute Gasteiger partial charge is 0.254 e. The Labute approximate surface area is 117 Å². The molecule has 1 atom stereocenters. The van der Waals surface area contributed by atoms with Gasteiger partial charge >= 0.3 is 0 Å². The van der Waals surface area contributed by atoms with Crippen molar-refractivity contribution in [1.29, 1.82) is 5.26 Å². The van der Waals surface area contributed by atoms with Gasteiger partial charge in [0.2, 0.25) is 5.88 Å². The molecule has 0 fully saturated rings. The van der Waals surface area contributed by atoms with Crippen molar-refractivity contribution in [1.82, 2.24) is 4.57 Å². The van der Waals surface area contributed by atoms with Gasteiger partial charge in [-0.1, -0.05) is 37.3 Å². The maximum absolute atomic E-state index is 12.2. The summed E-state index contributed by atoms with van der Waals surface area (Å²) in [5.74, 6) is -0.256. The van der Waals surface area contributed by atoms with Gasteiger partial charge in [0.15, 0.2) is 0 Å². The molecule has 1 aromatic heterocycles. The molecular formula is C16H16N2O2. The Hall–Kier alpha value is -2.54. The van der Waals surface area contributed by atoms with Crippen molar-refractivity contribution in [2.24, 2.45) is 0 Å². The zero-order valence-electron chi connectivity index (χ0n) is 11.5. The summed E-state index contributed by atoms with van der Waals surface area (Å²) in [6.07, 6.45) is 0.697. The summed E-state index contributed by atoms with van der Waals surface area (Å²) in [7, 11) is 0. The summed E-state index contributed by atoms with van der Waals surface area (Å²) in [5, 5.41) is 19.6. The maximum atomic E-state index is 12.2. The third-order valence-electron chi connectivity index (χ3n) is 3.45. The molecule has 4 heteroatoms. The first-order chi connectivity index (χ1) is 9.60. The molecule has 0 aliphatic carbocycles. The van der Waals surface area contributed by atoms with Crippen molar-refractivity contribution in [3.63, 3.8) is 0 Å². The maximum Gasteiger partial charge on any atom is 0.254 e. The SMILES string of the molecule is CCC(C)n1c(O)c(C#N)c(-c2ccccc2)cc1=O. The van der Waals surface area contributed by atoms with Crippen LogP contribution in [0.1, 0.15) is 31.9 Å². The van der Waals surface area contributed by atoms with Crippen LogP contribution in [0.15, 0.2) is 41.2 Å². The molecule has 0 bridgehead atoms. The molecule has 0 spiro atoms. The molecule has 0 saturated carbocycles. The van der Waals surface area contributed by atoms with E-state index in [0.717, 1.165) is 5.56 Å². The Kier molecular flexibility index (Phi) is 3.90. The molecule has 0 saturated heterocycles. The number of aromatic hydroxyl groups is 1. The highest BCUT2D eigenvalue weighted by Crippen LogP contribution is 2.29. The minimum Gasteiger partial charge on any atom is -0.493 e. The minimum atomic E-state index is -0.297. The molecular weight excluding hydrogens is 252 g/mol. The molecule has 102 valence electrons. The number of aromatic nitrogens is 1. The van der Waals surface area contributed by atoms with Crippen LogP contribution in [0.2, 0.25) is 0 Å². The second-order valence-corrected chi connectivity index (χ2v) is 4.70. The number of nitrogens with zero attached hydrogens (tertiary/aromatic N) is 2. The van der Waals surface area contributed by atoms with Crippen LogP contribution in [0.5, 0.6) is 5.88 Å². The molecule has 1 N–H and O–H groups in total. The van der Waals surface area contributed by atoms with Crippen molar-refractivity contribution in [3.8, 4) is 23.1 Å². The van der Waals surface area contributed by atoms with E-state index in [1.165, 1.54) is 10.6 Å². The monoisotopic (exact) mass is 268 g/mol. The van der Waals surface area contributed by atoms with Crippen LogP contribution in [0.4, 0.5) is 0 Å². The first kappa shape index (κ1) is 13.9. The molecule has 1 aromatic carbocycles. The third kappa shape index (κ3) is 2.30. The van der Waals surface area contributed by atoms with Crippen LogP contribution in [0.25, 0.3) is 11.1 Å². The van der Waals surface area contributed by atoms with Gasteiger partial charge in [-0.3, -0.25) is 9.36 Å². The van der Waals surface area contributed by atoms with Gasteiger partial charge < -0.3 is 5.11 Å². The van der Waals surface area contributed by atoms with Crippen molar-refractivity contribution >= 4 is 0 Å². The second-order valence-electron chi connectivity index (χ2n) is 4.70. The standard InChI is InChI=1S/C16H16N2O2/c1-3-11(2)18-15(19)9-13(14(10-17)16(18)20)12-7-5-4-6-8-12/h4-9,11,20H,3H2,1-2H3. The highest BCUT2D eigenvalue weighted by molar-refractivity contribution is 5.72. The summed E-state index contributed by atoms with van der Waals surface area (Å²) in [5.41, 5.74) is 1.05. The first-order valence-corrected chi connectivity index (χ1v) is 6.54. The molecule has 2 aromatic rings. The Balaban J connectivity index is 2.75. The zero-order chi connectivity index (χ0) is 14.7. The summed E-state index contributed by atoms with van der Waals surface area (Å²) >= 11 is 0. The van der Waals surface area contributed by atoms with Gasteiger partial charge in [-0.25, -0.2) is 0 Å². The van der Waals surface area contributed by atoms with E-state index < -0.39 is 0 Å². The lowest BCUT2D eigenvalue weighted by atomic mass is 10.0. The number of rotatable bonds is 3. The molecule has 1 heterocycles. The van der Waals surface area contributed by atoms with Crippen LogP contribution < -0.4 is 5.56 Å². The van der Waals surface area contributed by atoms with E-state index in [2.05, 4.69) is 0 Å². The van der Waals surface area contributed by atoms with E-state index in [4.69, 9.17) is 0 Å². The number of hydrogen-bond donors (Lipinski definition) is 1. The number of pyridine rings is 1. The summed E-state index contributed by atoms with van der Waals surface area (Å²) in [4.78, 5) is 12.2. The van der Waals surface area contributed by atoms with Gasteiger partial charge in [0, 0.05) is 17.7 Å². The van der Waals surface area contributed by atoms with Gasteiger partial charge in [-0.15, -0.1) is 0 Å². The molecule has 0 aliphatic heterocycles. The quantitative estimate of drug-likeness (QED) is 0.930. The van der Waals surface area contributed by atoms with Crippen molar-refractivity contribution in [3.05, 3.63) is 52.3 Å². The van der Waals surface area contributed by atoms with E-state index >= 15 is 0 Å². The Morgan fingerprint density at radius 1 is 1.35 bits per heavy atom. The number of benzene rings is 1. The van der Waals surface area contributed by atoms with Gasteiger partial charge in [-0.05, 0) is 18.9 Å². The topological polar surface area (TPSA) is 66.0 Å². The van der Waals surface area contributed by atoms with Gasteiger partial charge in [-0.2, -0.15) is 5.26 Å². The van der Waals surface area contributed by atoms with Gasteiger partial charge in [0.25, 0.3) is 5.56 Å². The lowest BCUT2D eigenvalue weighted by molar-refractivity contribution is 0.373. The fourth-order valence-electron chi connectivity index (χ4n) is 2.17. The average Bonchev–Trinajstić information content (AvgIpc) is 2.47. The van der Waals surface area contributed by atoms with Crippen molar-refractivity contribution in [2.45, 2.75) is 26.3 Å². The summed E-state index contributed by atoms with van der Waals surface area (Å²) in [6, 6.07) is 12.4. The first-order valence-electron chi connectivity index (χ1n) is 6.54. The fraction of sp³-hybridized carbons (Fsp3) is 0.250. The summed E-state index contributed by atoms with van der Waals surface area (Å²) in [6.45, 7) is 3.76. The van der Waals surface area contributed by atoms with Crippen LogP contribution in [0, 0.1) is 11.3 Å². The van der Waals surface area contributed by atoms with E-state index in [1.807, 2.05) is 50.2 Å². The van der Waals surface area contributed by atoms with Crippen LogP contribution in [0.3, 0.4) is 0 Å². The molecule has 2 rings (SSSR count). The van der Waals surface area contributed by atoms with E-state index in [0.29, 0.717) is 12.0 Å². The summed E-state index contributed by atoms with van der Waals surface area (Å²) < 4.78 is 1.27. The van der Waals surface area contributed by atoms with Crippen LogP contribution >= 0.6 is 0 Å². The predicted molar refractivity (Wildman–Crippen MR) is 77.5 cm³/mol. The van der Waals surface area contributed by atoms with Gasteiger partial charge in [0.05, 0.1) is 0 Å². The molecule has 0 aliphatic rings. The Bertz CT molecular complexity index is 712. The Morgan fingerprint density at radius 3 is 2.55 bits per heavy atom. The van der Waals surface area contributed by atoms with E-state index in [9.17, 15) is 15.2 Å². The fourth-order valence-corrected chi connectivity index (χ4v) is 2.17. The van der Waals surface area contributed by atoms with Crippen molar-refractivity contribution < 1.29 is 5.11 Å². The molecule has 0 radical (unpaired) electrons. The van der Waals surface area contributed by atoms with Crippen LogP contribution in [-0.2, 0) is 0 Å². The highest BCUT2D eigenvalue weighted by Gasteiger charge is 2.18. The highest BCUT2D eigenvalue weighted by atomic mass is 16.3.